The standard InChI is InChI=1S/C13H16FN3O4/c1-20-7-6-16(5-3-4-15)11-9-13(21-2)10(14)8-12(11)17(18)19/h8-9H,3,5-7H2,1-2H3. The van der Waals surface area contributed by atoms with Crippen LogP contribution < -0.4 is 9.64 Å². The highest BCUT2D eigenvalue weighted by molar-refractivity contribution is 5.66. The highest BCUT2D eigenvalue weighted by Gasteiger charge is 2.23. The summed E-state index contributed by atoms with van der Waals surface area (Å²) in [7, 11) is 2.78. The molecule has 8 heteroatoms. The van der Waals surface area contributed by atoms with Gasteiger partial charge in [0.05, 0.1) is 37.2 Å². The molecule has 0 heterocycles. The Kier molecular flexibility index (Phi) is 6.36. The molecule has 0 unspecified atom stereocenters. The molecule has 0 aliphatic heterocycles. The van der Waals surface area contributed by atoms with E-state index in [0.717, 1.165) is 6.07 Å². The molecule has 0 N–H and O–H groups in total. The normalized spacial score (nSPS) is 10.0. The highest BCUT2D eigenvalue weighted by atomic mass is 19.1. The average Bonchev–Trinajstić information content (AvgIpc) is 2.47. The predicted molar refractivity (Wildman–Crippen MR) is 73.9 cm³/mol. The molecule has 0 radical (unpaired) electrons. The van der Waals surface area contributed by atoms with Gasteiger partial charge in [0.25, 0.3) is 5.69 Å². The largest absolute Gasteiger partial charge is 0.494 e. The minimum absolute atomic E-state index is 0.0880. The average molecular weight is 297 g/mol. The van der Waals surface area contributed by atoms with Gasteiger partial charge in [-0.1, -0.05) is 0 Å². The number of nitrogens with zero attached hydrogens (tertiary/aromatic N) is 3. The molecular weight excluding hydrogens is 281 g/mol. The fourth-order valence-electron chi connectivity index (χ4n) is 1.83. The molecule has 0 spiro atoms. The van der Waals surface area contributed by atoms with Crippen LogP contribution in [0.25, 0.3) is 0 Å². The van der Waals surface area contributed by atoms with Gasteiger partial charge in [-0.15, -0.1) is 0 Å². The first-order valence-corrected chi connectivity index (χ1v) is 6.17. The van der Waals surface area contributed by atoms with Crippen LogP contribution >= 0.6 is 0 Å². The Morgan fingerprint density at radius 3 is 2.67 bits per heavy atom. The van der Waals surface area contributed by atoms with Gasteiger partial charge in [-0.3, -0.25) is 10.1 Å². The predicted octanol–water partition coefficient (Wildman–Crippen LogP) is 2.11. The summed E-state index contributed by atoms with van der Waals surface area (Å²) in [6, 6.07) is 4.06. The van der Waals surface area contributed by atoms with E-state index < -0.39 is 10.7 Å². The fraction of sp³-hybridized carbons (Fsp3) is 0.462. The second-order valence-electron chi connectivity index (χ2n) is 4.12. The lowest BCUT2D eigenvalue weighted by atomic mass is 10.2. The lowest BCUT2D eigenvalue weighted by Crippen LogP contribution is -2.29. The molecule has 1 rings (SSSR count). The Bertz CT molecular complexity index is 545. The summed E-state index contributed by atoms with van der Waals surface area (Å²) in [4.78, 5) is 12.0. The molecular formula is C13H16FN3O4. The first-order chi connectivity index (χ1) is 10.0. The first kappa shape index (κ1) is 16.7. The summed E-state index contributed by atoms with van der Waals surface area (Å²) in [5.74, 6) is -0.894. The Hall–Kier alpha value is -2.40. The van der Waals surface area contributed by atoms with Gasteiger partial charge in [0.15, 0.2) is 11.6 Å². The number of nitro benzene ring substituents is 1. The Labute approximate surface area is 121 Å². The van der Waals surface area contributed by atoms with Crippen LogP contribution in [0, 0.1) is 27.3 Å². The molecule has 0 aliphatic rings. The summed E-state index contributed by atoms with van der Waals surface area (Å²) >= 11 is 0. The van der Waals surface area contributed by atoms with Crippen molar-refractivity contribution in [2.24, 2.45) is 0 Å². The second-order valence-corrected chi connectivity index (χ2v) is 4.12. The maximum absolute atomic E-state index is 13.6. The third kappa shape index (κ3) is 4.29. The zero-order chi connectivity index (χ0) is 15.8. The number of methoxy groups -OCH3 is 2. The molecule has 21 heavy (non-hydrogen) atoms. The molecule has 0 bridgehead atoms. The smallest absolute Gasteiger partial charge is 0.295 e. The van der Waals surface area contributed by atoms with E-state index in [1.807, 2.05) is 6.07 Å². The quantitative estimate of drug-likeness (QED) is 0.539. The number of benzene rings is 1. The summed E-state index contributed by atoms with van der Waals surface area (Å²) in [5, 5.41) is 19.8. The maximum Gasteiger partial charge on any atom is 0.295 e. The fourth-order valence-corrected chi connectivity index (χ4v) is 1.83. The SMILES string of the molecule is COCCN(CCC#N)c1cc(OC)c(F)cc1[N+](=O)[O-]. The van der Waals surface area contributed by atoms with E-state index in [1.165, 1.54) is 20.3 Å². The molecule has 1 aromatic carbocycles. The molecule has 7 nitrogen and oxygen atoms in total. The molecule has 114 valence electrons. The first-order valence-electron chi connectivity index (χ1n) is 6.17. The number of hydrogen-bond donors (Lipinski definition) is 0. The molecule has 0 atom stereocenters. The number of hydrogen-bond acceptors (Lipinski definition) is 6. The molecule has 0 saturated carbocycles. The van der Waals surface area contributed by atoms with Crippen LogP contribution in [0.2, 0.25) is 0 Å². The molecule has 1 aromatic rings. The molecule has 0 fully saturated rings. The highest BCUT2D eigenvalue weighted by Crippen LogP contribution is 2.34. The van der Waals surface area contributed by atoms with Crippen molar-refractivity contribution in [1.82, 2.24) is 0 Å². The van der Waals surface area contributed by atoms with Gasteiger partial charge in [-0.25, -0.2) is 4.39 Å². The van der Waals surface area contributed by atoms with Crippen molar-refractivity contribution in [1.29, 1.82) is 5.26 Å². The number of ether oxygens (including phenoxy) is 2. The zero-order valence-corrected chi connectivity index (χ0v) is 11.8. The van der Waals surface area contributed by atoms with E-state index in [2.05, 4.69) is 0 Å². The van der Waals surface area contributed by atoms with Crippen LogP contribution in [0.3, 0.4) is 0 Å². The van der Waals surface area contributed by atoms with Gasteiger partial charge in [0.2, 0.25) is 0 Å². The van der Waals surface area contributed by atoms with Crippen molar-refractivity contribution < 1.29 is 18.8 Å². The van der Waals surface area contributed by atoms with Crippen molar-refractivity contribution in [3.05, 3.63) is 28.1 Å². The van der Waals surface area contributed by atoms with E-state index in [4.69, 9.17) is 14.7 Å². The monoisotopic (exact) mass is 297 g/mol. The molecule has 0 aliphatic carbocycles. The van der Waals surface area contributed by atoms with Crippen LogP contribution in [0.4, 0.5) is 15.8 Å². The molecule has 0 aromatic heterocycles. The number of anilines is 1. The van der Waals surface area contributed by atoms with Crippen molar-refractivity contribution >= 4 is 11.4 Å². The zero-order valence-electron chi connectivity index (χ0n) is 11.8. The van der Waals surface area contributed by atoms with E-state index in [0.29, 0.717) is 13.2 Å². The minimum Gasteiger partial charge on any atom is -0.494 e. The Balaban J connectivity index is 3.25. The van der Waals surface area contributed by atoms with E-state index in [-0.39, 0.29) is 30.1 Å². The summed E-state index contributed by atoms with van der Waals surface area (Å²) in [5.41, 5.74) is -0.173. The van der Waals surface area contributed by atoms with Gasteiger partial charge in [-0.05, 0) is 0 Å². The Morgan fingerprint density at radius 2 is 2.14 bits per heavy atom. The van der Waals surface area contributed by atoms with Gasteiger partial charge in [-0.2, -0.15) is 5.26 Å². The summed E-state index contributed by atoms with van der Waals surface area (Å²) in [6.07, 6.45) is 0.181. The second kappa shape index (κ2) is 8.01. The van der Waals surface area contributed by atoms with Gasteiger partial charge < -0.3 is 14.4 Å². The number of nitro groups is 1. The van der Waals surface area contributed by atoms with Gasteiger partial charge in [0.1, 0.15) is 5.69 Å². The molecule has 0 saturated heterocycles. The van der Waals surface area contributed by atoms with Crippen LogP contribution in [-0.2, 0) is 4.74 Å². The topological polar surface area (TPSA) is 88.6 Å². The van der Waals surface area contributed by atoms with Gasteiger partial charge in [0, 0.05) is 26.3 Å². The van der Waals surface area contributed by atoms with Crippen LogP contribution in [-0.4, -0.2) is 38.8 Å². The van der Waals surface area contributed by atoms with Crippen LogP contribution in [0.15, 0.2) is 12.1 Å². The molecule has 0 amide bonds. The lowest BCUT2D eigenvalue weighted by molar-refractivity contribution is -0.384. The van der Waals surface area contributed by atoms with E-state index in [1.54, 1.807) is 4.90 Å². The Morgan fingerprint density at radius 1 is 1.43 bits per heavy atom. The summed E-state index contributed by atoms with van der Waals surface area (Å²) < 4.78 is 23.4. The summed E-state index contributed by atoms with van der Waals surface area (Å²) in [6.45, 7) is 0.936. The number of halogens is 1. The van der Waals surface area contributed by atoms with Crippen LogP contribution in [0.5, 0.6) is 5.75 Å². The van der Waals surface area contributed by atoms with Gasteiger partial charge >= 0.3 is 0 Å². The van der Waals surface area contributed by atoms with Crippen molar-refractivity contribution in [3.8, 4) is 11.8 Å². The van der Waals surface area contributed by atoms with E-state index in [9.17, 15) is 14.5 Å². The van der Waals surface area contributed by atoms with E-state index >= 15 is 0 Å². The minimum atomic E-state index is -0.806. The van der Waals surface area contributed by atoms with Crippen molar-refractivity contribution in [2.75, 3.05) is 38.8 Å². The van der Waals surface area contributed by atoms with Crippen molar-refractivity contribution in [2.45, 2.75) is 6.42 Å². The van der Waals surface area contributed by atoms with Crippen molar-refractivity contribution in [3.63, 3.8) is 0 Å². The maximum atomic E-state index is 13.6. The third-order valence-corrected chi connectivity index (χ3v) is 2.85. The number of nitriles is 1. The lowest BCUT2D eigenvalue weighted by Gasteiger charge is -2.23. The third-order valence-electron chi connectivity index (χ3n) is 2.85. The van der Waals surface area contributed by atoms with Crippen LogP contribution in [0.1, 0.15) is 6.42 Å². The number of rotatable bonds is 8.